The van der Waals surface area contributed by atoms with Crippen molar-refractivity contribution in [2.45, 2.75) is 32.5 Å². The Labute approximate surface area is 131 Å². The standard InChI is InChI=1S/C15H16ClF4NO/c1-10-11(3-2-4-12(10)17)8-21(13(22)7-16)9-14(5-6-14)15(18,19)20/h2-4H,5-9H2,1H3. The van der Waals surface area contributed by atoms with Crippen LogP contribution in [0.15, 0.2) is 18.2 Å². The molecule has 1 aromatic rings. The second-order valence-corrected chi connectivity index (χ2v) is 5.95. The molecule has 0 radical (unpaired) electrons. The van der Waals surface area contributed by atoms with Crippen LogP contribution in [0.5, 0.6) is 0 Å². The molecule has 1 aromatic carbocycles. The Kier molecular flexibility index (Phi) is 4.70. The Morgan fingerprint density at radius 3 is 2.50 bits per heavy atom. The number of hydrogen-bond donors (Lipinski definition) is 0. The molecule has 1 amide bonds. The van der Waals surface area contributed by atoms with E-state index in [2.05, 4.69) is 0 Å². The van der Waals surface area contributed by atoms with Crippen molar-refractivity contribution in [2.75, 3.05) is 12.4 Å². The highest BCUT2D eigenvalue weighted by atomic mass is 35.5. The number of nitrogens with zero attached hydrogens (tertiary/aromatic N) is 1. The summed E-state index contributed by atoms with van der Waals surface area (Å²) in [6, 6.07) is 4.34. The molecule has 0 atom stereocenters. The van der Waals surface area contributed by atoms with Gasteiger partial charge in [-0.3, -0.25) is 4.79 Å². The Balaban J connectivity index is 2.21. The number of benzene rings is 1. The fraction of sp³-hybridized carbons (Fsp3) is 0.533. The first kappa shape index (κ1) is 17.1. The van der Waals surface area contributed by atoms with E-state index in [1.165, 1.54) is 19.1 Å². The lowest BCUT2D eigenvalue weighted by atomic mass is 10.0. The average molecular weight is 338 g/mol. The van der Waals surface area contributed by atoms with Crippen LogP contribution in [0.4, 0.5) is 17.6 Å². The van der Waals surface area contributed by atoms with E-state index in [0.717, 1.165) is 4.90 Å². The minimum Gasteiger partial charge on any atom is -0.336 e. The first-order valence-corrected chi connectivity index (χ1v) is 7.38. The van der Waals surface area contributed by atoms with E-state index in [1.807, 2.05) is 0 Å². The molecule has 1 aliphatic carbocycles. The van der Waals surface area contributed by atoms with Gasteiger partial charge in [0.25, 0.3) is 0 Å². The number of amides is 1. The third kappa shape index (κ3) is 3.37. The van der Waals surface area contributed by atoms with Crippen molar-refractivity contribution in [1.29, 1.82) is 0 Å². The van der Waals surface area contributed by atoms with Crippen LogP contribution in [0.25, 0.3) is 0 Å². The minimum absolute atomic E-state index is 0.00466. The molecule has 2 rings (SSSR count). The molecule has 0 heterocycles. The summed E-state index contributed by atoms with van der Waals surface area (Å²) in [5.41, 5.74) is -1.03. The van der Waals surface area contributed by atoms with Gasteiger partial charge in [0.05, 0.1) is 5.41 Å². The van der Waals surface area contributed by atoms with Gasteiger partial charge in [-0.1, -0.05) is 12.1 Å². The Morgan fingerprint density at radius 2 is 2.00 bits per heavy atom. The molecule has 1 aliphatic rings. The molecule has 122 valence electrons. The van der Waals surface area contributed by atoms with E-state index in [0.29, 0.717) is 11.1 Å². The Bertz CT molecular complexity index is 569. The molecule has 7 heteroatoms. The maximum atomic E-state index is 13.5. The third-order valence-electron chi connectivity index (χ3n) is 4.16. The summed E-state index contributed by atoms with van der Waals surface area (Å²) in [7, 11) is 0. The van der Waals surface area contributed by atoms with Crippen LogP contribution in [0.1, 0.15) is 24.0 Å². The molecule has 0 N–H and O–H groups in total. The molecule has 0 saturated heterocycles. The van der Waals surface area contributed by atoms with Gasteiger partial charge in [-0.05, 0) is 37.0 Å². The van der Waals surface area contributed by atoms with Gasteiger partial charge in [-0.2, -0.15) is 13.2 Å². The molecule has 1 saturated carbocycles. The Hall–Kier alpha value is -1.30. The van der Waals surface area contributed by atoms with E-state index in [9.17, 15) is 22.4 Å². The van der Waals surface area contributed by atoms with Crippen molar-refractivity contribution in [1.82, 2.24) is 4.90 Å². The van der Waals surface area contributed by atoms with Gasteiger partial charge in [-0.15, -0.1) is 11.6 Å². The largest absolute Gasteiger partial charge is 0.396 e. The summed E-state index contributed by atoms with van der Waals surface area (Å²) in [5.74, 6) is -1.43. The molecule has 2 nitrogen and oxygen atoms in total. The van der Waals surface area contributed by atoms with Crippen LogP contribution in [0, 0.1) is 18.2 Å². The number of halogens is 5. The molecule has 0 unspecified atom stereocenters. The molecule has 0 bridgehead atoms. The second kappa shape index (κ2) is 6.07. The van der Waals surface area contributed by atoms with Gasteiger partial charge < -0.3 is 4.90 Å². The number of carbonyl (C=O) groups excluding carboxylic acids is 1. The smallest absolute Gasteiger partial charge is 0.336 e. The molecular weight excluding hydrogens is 322 g/mol. The summed E-state index contributed by atoms with van der Waals surface area (Å²) >= 11 is 5.50. The number of alkyl halides is 4. The predicted molar refractivity (Wildman–Crippen MR) is 75.0 cm³/mol. The van der Waals surface area contributed by atoms with Crippen molar-refractivity contribution in [3.05, 3.63) is 35.1 Å². The zero-order chi connectivity index (χ0) is 16.5. The first-order valence-electron chi connectivity index (χ1n) is 6.85. The molecule has 22 heavy (non-hydrogen) atoms. The fourth-order valence-electron chi connectivity index (χ4n) is 2.39. The topological polar surface area (TPSA) is 20.3 Å². The van der Waals surface area contributed by atoms with Crippen LogP contribution in [0.2, 0.25) is 0 Å². The van der Waals surface area contributed by atoms with Crippen molar-refractivity contribution in [3.63, 3.8) is 0 Å². The van der Waals surface area contributed by atoms with Gasteiger partial charge in [0.2, 0.25) is 5.91 Å². The summed E-state index contributed by atoms with van der Waals surface area (Å²) < 4.78 is 52.8. The second-order valence-electron chi connectivity index (χ2n) is 5.69. The Morgan fingerprint density at radius 1 is 1.36 bits per heavy atom. The minimum atomic E-state index is -4.35. The van der Waals surface area contributed by atoms with Crippen LogP contribution in [-0.2, 0) is 11.3 Å². The van der Waals surface area contributed by atoms with Gasteiger partial charge in [0.15, 0.2) is 0 Å². The highest BCUT2D eigenvalue weighted by Gasteiger charge is 2.63. The number of carbonyl (C=O) groups is 1. The maximum absolute atomic E-state index is 13.5. The van der Waals surface area contributed by atoms with Gasteiger partial charge in [-0.25, -0.2) is 4.39 Å². The van der Waals surface area contributed by atoms with Crippen molar-refractivity contribution in [2.24, 2.45) is 5.41 Å². The van der Waals surface area contributed by atoms with E-state index >= 15 is 0 Å². The zero-order valence-electron chi connectivity index (χ0n) is 12.0. The lowest BCUT2D eigenvalue weighted by Gasteiger charge is -2.29. The molecule has 0 aliphatic heterocycles. The van der Waals surface area contributed by atoms with E-state index in [1.54, 1.807) is 6.07 Å². The quantitative estimate of drug-likeness (QED) is 0.586. The van der Waals surface area contributed by atoms with Gasteiger partial charge in [0.1, 0.15) is 11.7 Å². The highest BCUT2D eigenvalue weighted by molar-refractivity contribution is 6.27. The van der Waals surface area contributed by atoms with Crippen molar-refractivity contribution < 1.29 is 22.4 Å². The van der Waals surface area contributed by atoms with Crippen LogP contribution >= 0.6 is 11.6 Å². The summed E-state index contributed by atoms with van der Waals surface area (Å²) in [5, 5.41) is 0. The number of rotatable bonds is 5. The van der Waals surface area contributed by atoms with E-state index in [4.69, 9.17) is 11.6 Å². The molecule has 0 aromatic heterocycles. The SMILES string of the molecule is Cc1c(F)cccc1CN(CC1(C(F)(F)F)CC1)C(=O)CCl. The summed E-state index contributed by atoms with van der Waals surface area (Å²) in [4.78, 5) is 13.0. The van der Waals surface area contributed by atoms with Crippen molar-refractivity contribution in [3.8, 4) is 0 Å². The normalized spacial score (nSPS) is 16.5. The molecule has 0 spiro atoms. The van der Waals surface area contributed by atoms with Crippen LogP contribution < -0.4 is 0 Å². The van der Waals surface area contributed by atoms with Crippen LogP contribution in [0.3, 0.4) is 0 Å². The summed E-state index contributed by atoms with van der Waals surface area (Å²) in [6.07, 6.45) is -4.34. The average Bonchev–Trinajstić information content (AvgIpc) is 3.22. The van der Waals surface area contributed by atoms with Crippen molar-refractivity contribution >= 4 is 17.5 Å². The fourth-order valence-corrected chi connectivity index (χ4v) is 2.56. The van der Waals surface area contributed by atoms with E-state index in [-0.39, 0.29) is 19.4 Å². The molecule has 1 fully saturated rings. The predicted octanol–water partition coefficient (Wildman–Crippen LogP) is 4.04. The van der Waals surface area contributed by atoms with Gasteiger partial charge in [0, 0.05) is 13.1 Å². The van der Waals surface area contributed by atoms with Gasteiger partial charge >= 0.3 is 6.18 Å². The van der Waals surface area contributed by atoms with E-state index < -0.39 is 35.7 Å². The zero-order valence-corrected chi connectivity index (χ0v) is 12.8. The molecular formula is C15H16ClF4NO. The first-order chi connectivity index (χ1) is 10.2. The highest BCUT2D eigenvalue weighted by Crippen LogP contribution is 2.58. The van der Waals surface area contributed by atoms with Crippen LogP contribution in [-0.4, -0.2) is 29.4 Å². The lowest BCUT2D eigenvalue weighted by molar-refractivity contribution is -0.192. The third-order valence-corrected chi connectivity index (χ3v) is 4.39. The number of hydrogen-bond acceptors (Lipinski definition) is 1. The lowest BCUT2D eigenvalue weighted by Crippen LogP contribution is -2.42. The summed E-state index contributed by atoms with van der Waals surface area (Å²) in [6.45, 7) is 1.02. The monoisotopic (exact) mass is 337 g/mol. The maximum Gasteiger partial charge on any atom is 0.396 e.